The Balaban J connectivity index is 1.79. The average Bonchev–Trinajstić information content (AvgIpc) is 3.05. The summed E-state index contributed by atoms with van der Waals surface area (Å²) in [6, 6.07) is 21.5. The van der Waals surface area contributed by atoms with E-state index in [9.17, 15) is 9.59 Å². The van der Waals surface area contributed by atoms with Crippen LogP contribution >= 0.6 is 11.6 Å². The highest BCUT2D eigenvalue weighted by molar-refractivity contribution is 6.46. The van der Waals surface area contributed by atoms with Crippen LogP contribution in [-0.2, 0) is 9.59 Å². The molecule has 0 unspecified atom stereocenters. The van der Waals surface area contributed by atoms with E-state index >= 15 is 0 Å². The number of nitrogens with one attached hydrogen (secondary N) is 1. The molecule has 1 heterocycles. The maximum Gasteiger partial charge on any atom is 0.282 e. The molecular weight excluding hydrogens is 438 g/mol. The fraction of sp³-hybridized carbons (Fsp3) is 0.154. The van der Waals surface area contributed by atoms with Gasteiger partial charge in [-0.1, -0.05) is 35.9 Å². The molecule has 0 saturated carbocycles. The zero-order valence-electron chi connectivity index (χ0n) is 18.6. The minimum atomic E-state index is -0.450. The molecule has 0 aliphatic carbocycles. The molecule has 1 aliphatic rings. The van der Waals surface area contributed by atoms with Crippen LogP contribution in [0.15, 0.2) is 78.5 Å². The number of imide groups is 1. The maximum absolute atomic E-state index is 13.6. The van der Waals surface area contributed by atoms with Crippen LogP contribution in [0.3, 0.4) is 0 Å². The molecule has 4 rings (SSSR count). The van der Waals surface area contributed by atoms with Crippen LogP contribution in [0.5, 0.6) is 5.75 Å². The molecule has 0 radical (unpaired) electrons. The zero-order chi connectivity index (χ0) is 23.5. The first-order chi connectivity index (χ1) is 15.9. The summed E-state index contributed by atoms with van der Waals surface area (Å²) in [5.41, 5.74) is 3.20. The molecule has 3 aromatic rings. The van der Waals surface area contributed by atoms with Crippen molar-refractivity contribution in [3.63, 3.8) is 0 Å². The quantitative estimate of drug-likeness (QED) is 0.490. The van der Waals surface area contributed by atoms with Gasteiger partial charge in [-0.15, -0.1) is 0 Å². The van der Waals surface area contributed by atoms with Crippen LogP contribution in [0.25, 0.3) is 5.57 Å². The van der Waals surface area contributed by atoms with E-state index in [1.165, 1.54) is 0 Å². The largest absolute Gasteiger partial charge is 0.492 e. The van der Waals surface area contributed by atoms with E-state index in [0.29, 0.717) is 34.3 Å². The molecule has 3 aromatic carbocycles. The van der Waals surface area contributed by atoms with E-state index < -0.39 is 11.8 Å². The van der Waals surface area contributed by atoms with E-state index in [1.807, 2.05) is 50.2 Å². The van der Waals surface area contributed by atoms with Crippen LogP contribution < -0.4 is 19.9 Å². The van der Waals surface area contributed by atoms with E-state index in [-0.39, 0.29) is 11.3 Å². The van der Waals surface area contributed by atoms with Crippen LogP contribution in [0.4, 0.5) is 17.1 Å². The van der Waals surface area contributed by atoms with Crippen LogP contribution in [0.2, 0.25) is 5.02 Å². The summed E-state index contributed by atoms with van der Waals surface area (Å²) < 4.78 is 5.68. The molecule has 0 saturated heterocycles. The van der Waals surface area contributed by atoms with Crippen molar-refractivity contribution in [3.05, 3.63) is 89.1 Å². The smallest absolute Gasteiger partial charge is 0.282 e. The fourth-order valence-electron chi connectivity index (χ4n) is 3.66. The van der Waals surface area contributed by atoms with E-state index in [2.05, 4.69) is 5.32 Å². The number of hydrogen-bond donors (Lipinski definition) is 1. The summed E-state index contributed by atoms with van der Waals surface area (Å²) in [4.78, 5) is 30.4. The van der Waals surface area contributed by atoms with Crippen molar-refractivity contribution in [2.75, 3.05) is 35.8 Å². The van der Waals surface area contributed by atoms with Gasteiger partial charge >= 0.3 is 0 Å². The molecule has 168 valence electrons. The van der Waals surface area contributed by atoms with Crippen molar-refractivity contribution in [1.29, 1.82) is 0 Å². The molecule has 0 bridgehead atoms. The molecule has 0 aromatic heterocycles. The number of anilines is 3. The highest BCUT2D eigenvalue weighted by atomic mass is 35.5. The van der Waals surface area contributed by atoms with Crippen LogP contribution in [-0.4, -0.2) is 32.5 Å². The summed E-state index contributed by atoms with van der Waals surface area (Å²) in [6.07, 6.45) is 0. The van der Waals surface area contributed by atoms with Crippen molar-refractivity contribution in [2.24, 2.45) is 0 Å². The molecule has 1 N–H and O–H groups in total. The third-order valence-electron chi connectivity index (χ3n) is 5.28. The predicted molar refractivity (Wildman–Crippen MR) is 133 cm³/mol. The fourth-order valence-corrected chi connectivity index (χ4v) is 3.78. The normalized spacial score (nSPS) is 13.5. The lowest BCUT2D eigenvalue weighted by Crippen LogP contribution is -2.32. The molecule has 1 aliphatic heterocycles. The first-order valence-corrected chi connectivity index (χ1v) is 10.9. The summed E-state index contributed by atoms with van der Waals surface area (Å²) in [5, 5.41) is 3.72. The average molecular weight is 462 g/mol. The van der Waals surface area contributed by atoms with Gasteiger partial charge in [0.25, 0.3) is 11.8 Å². The van der Waals surface area contributed by atoms with Gasteiger partial charge in [0.15, 0.2) is 0 Å². The molecule has 6 nitrogen and oxygen atoms in total. The third-order valence-corrected chi connectivity index (χ3v) is 5.53. The Morgan fingerprint density at radius 3 is 2.21 bits per heavy atom. The van der Waals surface area contributed by atoms with Gasteiger partial charge in [-0.3, -0.25) is 9.59 Å². The van der Waals surface area contributed by atoms with E-state index in [1.54, 1.807) is 48.5 Å². The third kappa shape index (κ3) is 4.43. The molecule has 33 heavy (non-hydrogen) atoms. The number of carbonyl (C=O) groups excluding carboxylic acids is 2. The minimum Gasteiger partial charge on any atom is -0.492 e. The number of ether oxygens (including phenoxy) is 1. The second kappa shape index (κ2) is 9.38. The molecule has 2 amide bonds. The monoisotopic (exact) mass is 461 g/mol. The van der Waals surface area contributed by atoms with Gasteiger partial charge in [0, 0.05) is 30.5 Å². The van der Waals surface area contributed by atoms with Gasteiger partial charge in [-0.25, -0.2) is 4.90 Å². The Morgan fingerprint density at radius 1 is 0.909 bits per heavy atom. The summed E-state index contributed by atoms with van der Waals surface area (Å²) in [5.74, 6) is -0.413. The van der Waals surface area contributed by atoms with Crippen molar-refractivity contribution in [3.8, 4) is 5.75 Å². The van der Waals surface area contributed by atoms with Gasteiger partial charge in [0.05, 0.1) is 17.9 Å². The summed E-state index contributed by atoms with van der Waals surface area (Å²) in [6.45, 7) is 2.26. The number of nitrogens with zero attached hydrogens (tertiary/aromatic N) is 2. The number of amides is 2. The Labute approximate surface area is 198 Å². The van der Waals surface area contributed by atoms with Gasteiger partial charge in [-0.05, 0) is 61.0 Å². The molecule has 0 spiro atoms. The summed E-state index contributed by atoms with van der Waals surface area (Å²) >= 11 is 6.06. The van der Waals surface area contributed by atoms with Crippen molar-refractivity contribution < 1.29 is 14.3 Å². The van der Waals surface area contributed by atoms with E-state index in [4.69, 9.17) is 16.3 Å². The lowest BCUT2D eigenvalue weighted by atomic mass is 10.0. The highest BCUT2D eigenvalue weighted by Crippen LogP contribution is 2.38. The molecule has 0 atom stereocenters. The zero-order valence-corrected chi connectivity index (χ0v) is 19.4. The first-order valence-electron chi connectivity index (χ1n) is 10.6. The number of benzene rings is 3. The Kier molecular flexibility index (Phi) is 6.38. The van der Waals surface area contributed by atoms with Crippen molar-refractivity contribution in [1.82, 2.24) is 0 Å². The van der Waals surface area contributed by atoms with Crippen LogP contribution in [0, 0.1) is 0 Å². The van der Waals surface area contributed by atoms with Gasteiger partial charge in [0.1, 0.15) is 11.4 Å². The van der Waals surface area contributed by atoms with Crippen LogP contribution in [0.1, 0.15) is 12.5 Å². The van der Waals surface area contributed by atoms with Gasteiger partial charge < -0.3 is 15.0 Å². The Hall–Kier alpha value is -3.77. The second-order valence-corrected chi connectivity index (χ2v) is 8.11. The van der Waals surface area contributed by atoms with Gasteiger partial charge in [-0.2, -0.15) is 0 Å². The Bertz CT molecular complexity index is 1220. The maximum atomic E-state index is 13.6. The lowest BCUT2D eigenvalue weighted by Gasteiger charge is -2.19. The number of hydrogen-bond acceptors (Lipinski definition) is 5. The molecular formula is C26H24ClN3O3. The number of halogens is 1. The summed E-state index contributed by atoms with van der Waals surface area (Å²) in [7, 11) is 3.91. The topological polar surface area (TPSA) is 61.9 Å². The van der Waals surface area contributed by atoms with E-state index in [0.717, 1.165) is 10.6 Å². The highest BCUT2D eigenvalue weighted by Gasteiger charge is 2.41. The molecule has 7 heteroatoms. The van der Waals surface area contributed by atoms with Gasteiger partial charge in [0.2, 0.25) is 0 Å². The van der Waals surface area contributed by atoms with Crippen molar-refractivity contribution >= 4 is 46.1 Å². The predicted octanol–water partition coefficient (Wildman–Crippen LogP) is 5.20. The molecule has 0 fully saturated rings. The standard InChI is InChI=1S/C26H24ClN3O3/c1-4-33-22-8-6-5-7-21(22)30-25(31)23(17-9-11-18(27)12-10-17)24(26(30)32)28-19-13-15-20(16-14-19)29(2)3/h5-16,28H,4H2,1-3H3. The first kappa shape index (κ1) is 22.4. The van der Waals surface area contributed by atoms with Crippen molar-refractivity contribution in [2.45, 2.75) is 6.92 Å². The number of para-hydroxylation sites is 2. The minimum absolute atomic E-state index is 0.200. The SMILES string of the molecule is CCOc1ccccc1N1C(=O)C(Nc2ccc(N(C)C)cc2)=C(c2ccc(Cl)cc2)C1=O. The Morgan fingerprint density at radius 2 is 1.58 bits per heavy atom. The number of carbonyl (C=O) groups is 2. The lowest BCUT2D eigenvalue weighted by molar-refractivity contribution is -0.120. The number of rotatable bonds is 7. The second-order valence-electron chi connectivity index (χ2n) is 7.67.